The Morgan fingerprint density at radius 2 is 0.510 bits per heavy atom. The van der Waals surface area contributed by atoms with Gasteiger partial charge in [-0.15, -0.1) is 0 Å². The van der Waals surface area contributed by atoms with Crippen molar-refractivity contribution in [3.05, 3.63) is 0 Å². The van der Waals surface area contributed by atoms with Crippen molar-refractivity contribution in [2.45, 2.75) is 62.3 Å². The number of rotatable bonds is 16. The molecule has 0 aromatic heterocycles. The summed E-state index contributed by atoms with van der Waals surface area (Å²) in [6, 6.07) is 0. The van der Waals surface area contributed by atoms with Gasteiger partial charge in [0.1, 0.15) is 0 Å². The molecule has 49 heavy (non-hydrogen) atoms. The van der Waals surface area contributed by atoms with Crippen LogP contribution in [-0.4, -0.2) is 245 Å². The minimum atomic E-state index is -2.74. The Morgan fingerprint density at radius 1 is 0.408 bits per heavy atom. The van der Waals surface area contributed by atoms with E-state index in [1.54, 1.807) is 6.92 Å². The fraction of sp³-hybridized carbons (Fsp3) is 0.591. The van der Waals surface area contributed by atoms with Crippen molar-refractivity contribution in [3.63, 3.8) is 0 Å². The molecule has 0 fully saturated rings. The van der Waals surface area contributed by atoms with Gasteiger partial charge < -0.3 is 77.9 Å². The third-order valence-corrected chi connectivity index (χ3v) is 4.02. The summed E-state index contributed by atoms with van der Waals surface area (Å²) in [5.74, 6) is -15.1. The molecule has 17 N–H and O–H groups in total. The van der Waals surface area contributed by atoms with Crippen molar-refractivity contribution in [2.75, 3.05) is 19.7 Å². The molecule has 0 rings (SSSR count). The van der Waals surface area contributed by atoms with Crippen LogP contribution in [0.25, 0.3) is 0 Å². The van der Waals surface area contributed by atoms with E-state index >= 15 is 0 Å². The molecular weight excluding hydrogens is 713 g/mol. The number of carboxylic acid groups (broad SMARTS) is 9. The molecule has 0 aliphatic carbocycles. The number of carboxylic acids is 9. The second-order valence-corrected chi connectivity index (χ2v) is 8.33. The molecule has 0 unspecified atom stereocenters. The van der Waals surface area contributed by atoms with E-state index in [0.717, 1.165) is 0 Å². The van der Waals surface area contributed by atoms with E-state index in [4.69, 9.17) is 77.9 Å². The predicted octanol–water partition coefficient (Wildman–Crippen LogP) is -6.79. The Labute approximate surface area is 342 Å². The summed E-state index contributed by atoms with van der Waals surface area (Å²) in [4.78, 5) is 91.5. The van der Waals surface area contributed by atoms with Crippen LogP contribution in [0.3, 0.4) is 0 Å². The summed E-state index contributed by atoms with van der Waals surface area (Å²) in [7, 11) is 0. The molecule has 27 heteroatoms. The minimum absolute atomic E-state index is 0. The van der Waals surface area contributed by atoms with Crippen molar-refractivity contribution in [3.8, 4) is 0 Å². The average molecular weight is 755 g/mol. The number of hydrogen-bond donors (Lipinski definition) is 15. The molecule has 0 spiro atoms. The molecule has 0 aliphatic heterocycles. The maximum absolute atomic E-state index is 10.3. The standard InChI is InChI=1S/3C6H8O7.C2H8N2.C2H6O.3Na.3H/c3*7-3(8)1-6(13,5(11)12)2-4(9)10;3-1-2-4;1-2-3;;;;;;/h3*13H,1-2H2,(H,7,8)(H,9,10)(H,11,12);1-4H2;3H,2H2,1H3;;;;;;. The summed E-state index contributed by atoms with van der Waals surface area (Å²) in [6.07, 6.45) is -6.87. The van der Waals surface area contributed by atoms with Crippen molar-refractivity contribution in [1.29, 1.82) is 0 Å². The van der Waals surface area contributed by atoms with E-state index in [0.29, 0.717) is 13.1 Å². The number of aliphatic hydroxyl groups excluding tert-OH is 1. The fourth-order valence-corrected chi connectivity index (χ4v) is 2.14. The van der Waals surface area contributed by atoms with E-state index in [1.807, 2.05) is 0 Å². The molecule has 0 saturated heterocycles. The summed E-state index contributed by atoms with van der Waals surface area (Å²) in [6.45, 7) is 3.12. The normalized spacial score (nSPS) is 9.61. The molecule has 274 valence electrons. The molecule has 0 radical (unpaired) electrons. The molecule has 0 aliphatic rings. The molecule has 24 nitrogen and oxygen atoms in total. The second kappa shape index (κ2) is 34.4. The molecule has 0 saturated carbocycles. The van der Waals surface area contributed by atoms with Gasteiger partial charge in [-0.3, -0.25) is 28.8 Å². The van der Waals surface area contributed by atoms with Crippen LogP contribution in [0, 0.1) is 0 Å². The predicted molar refractivity (Wildman–Crippen MR) is 164 cm³/mol. The molecular formula is C22H41N2Na3O22. The Balaban J connectivity index is -0.0000000759. The van der Waals surface area contributed by atoms with Crippen LogP contribution < -0.4 is 11.5 Å². The molecule has 0 amide bonds. The van der Waals surface area contributed by atoms with Gasteiger partial charge in [0.15, 0.2) is 16.8 Å². The first-order valence-corrected chi connectivity index (χ1v) is 11.9. The first-order chi connectivity index (χ1) is 20.7. The zero-order chi connectivity index (χ0) is 38.1. The summed E-state index contributed by atoms with van der Waals surface area (Å²) in [5.41, 5.74) is 1.59. The topological polar surface area (TPSA) is 469 Å². The first-order valence-electron chi connectivity index (χ1n) is 11.9. The maximum atomic E-state index is 10.3. The van der Waals surface area contributed by atoms with Crippen LogP contribution in [0.1, 0.15) is 45.4 Å². The Hall–Kier alpha value is -2.01. The van der Waals surface area contributed by atoms with E-state index in [1.165, 1.54) is 0 Å². The molecule has 0 heterocycles. The van der Waals surface area contributed by atoms with E-state index in [-0.39, 0.29) is 95.3 Å². The number of aliphatic hydroxyl groups is 4. The van der Waals surface area contributed by atoms with Crippen molar-refractivity contribution < 1.29 is 110 Å². The average Bonchev–Trinajstić information content (AvgIpc) is 2.82. The van der Waals surface area contributed by atoms with Crippen LogP contribution in [0.5, 0.6) is 0 Å². The zero-order valence-corrected chi connectivity index (χ0v) is 24.0. The summed E-state index contributed by atoms with van der Waals surface area (Å²) < 4.78 is 0. The van der Waals surface area contributed by atoms with Crippen molar-refractivity contribution in [2.24, 2.45) is 11.5 Å². The quantitative estimate of drug-likeness (QED) is 0.0651. The first kappa shape index (κ1) is 65.4. The molecule has 0 bridgehead atoms. The number of aliphatic carboxylic acids is 9. The number of hydrogen-bond acceptors (Lipinski definition) is 15. The summed E-state index contributed by atoms with van der Waals surface area (Å²) >= 11 is 0. The van der Waals surface area contributed by atoms with Crippen LogP contribution in [0.2, 0.25) is 0 Å². The fourth-order valence-electron chi connectivity index (χ4n) is 2.14. The Kier molecular flexibility index (Phi) is 45.9. The number of carbonyl (C=O) groups is 9. The third kappa shape index (κ3) is 40.3. The van der Waals surface area contributed by atoms with Gasteiger partial charge in [0.2, 0.25) is 0 Å². The van der Waals surface area contributed by atoms with Crippen LogP contribution in [0.4, 0.5) is 0 Å². The van der Waals surface area contributed by atoms with Gasteiger partial charge >= 0.3 is 142 Å². The van der Waals surface area contributed by atoms with Gasteiger partial charge in [-0.05, 0) is 6.92 Å². The zero-order valence-electron chi connectivity index (χ0n) is 24.0. The van der Waals surface area contributed by atoms with E-state index < -0.39 is 109 Å². The third-order valence-electron chi connectivity index (χ3n) is 4.02. The Bertz CT molecular complexity index is 884. The monoisotopic (exact) mass is 754 g/mol. The van der Waals surface area contributed by atoms with Crippen molar-refractivity contribution in [1.82, 2.24) is 0 Å². The number of nitrogens with two attached hydrogens (primary N) is 2. The van der Waals surface area contributed by atoms with Gasteiger partial charge in [0, 0.05) is 19.7 Å². The molecule has 0 aromatic rings. The van der Waals surface area contributed by atoms with Crippen LogP contribution in [0.15, 0.2) is 0 Å². The van der Waals surface area contributed by atoms with E-state index in [9.17, 15) is 43.2 Å². The summed E-state index contributed by atoms with van der Waals surface area (Å²) in [5, 5.41) is 109. The van der Waals surface area contributed by atoms with Crippen LogP contribution in [-0.2, 0) is 43.2 Å². The second-order valence-electron chi connectivity index (χ2n) is 8.33. The Morgan fingerprint density at radius 3 is 0.551 bits per heavy atom. The SMILES string of the molecule is CCO.NCCN.O=C(O)CC(O)(CC(=O)O)C(=O)O.O=C(O)CC(O)(CC(=O)O)C(=O)O.O=C(O)CC(O)(CC(=O)O)C(=O)O.[NaH].[NaH].[NaH]. The van der Waals surface area contributed by atoms with Crippen LogP contribution >= 0.6 is 0 Å². The van der Waals surface area contributed by atoms with Gasteiger partial charge in [-0.25, -0.2) is 14.4 Å². The van der Waals surface area contributed by atoms with Gasteiger partial charge in [-0.2, -0.15) is 0 Å². The van der Waals surface area contributed by atoms with Gasteiger partial charge in [0.25, 0.3) is 0 Å². The van der Waals surface area contributed by atoms with Gasteiger partial charge in [-0.1, -0.05) is 0 Å². The van der Waals surface area contributed by atoms with E-state index in [2.05, 4.69) is 0 Å². The molecule has 0 aromatic carbocycles. The van der Waals surface area contributed by atoms with Crippen molar-refractivity contribution >= 4 is 142 Å². The molecule has 0 atom stereocenters. The van der Waals surface area contributed by atoms with Gasteiger partial charge in [0.05, 0.1) is 38.5 Å².